The van der Waals surface area contributed by atoms with Crippen LogP contribution in [0, 0.1) is 5.95 Å². The fraction of sp³-hybridized carbons (Fsp3) is 0.222. The molecule has 3 aromatic heterocycles. The van der Waals surface area contributed by atoms with Gasteiger partial charge in [0.2, 0.25) is 11.8 Å². The highest BCUT2D eigenvalue weighted by atomic mass is 19.1. The Morgan fingerprint density at radius 2 is 2.07 bits per heavy atom. The predicted octanol–water partition coefficient (Wildman–Crippen LogP) is 3.07. The normalized spacial score (nSPS) is 15.9. The van der Waals surface area contributed by atoms with Gasteiger partial charge >= 0.3 is 0 Å². The van der Waals surface area contributed by atoms with Gasteiger partial charge in [0.25, 0.3) is 5.95 Å². The van der Waals surface area contributed by atoms with Crippen LogP contribution in [0.5, 0.6) is 0 Å². The molecule has 9 heteroatoms. The van der Waals surface area contributed by atoms with Crippen molar-refractivity contribution in [2.24, 2.45) is 7.05 Å². The fourth-order valence-electron chi connectivity index (χ4n) is 3.51. The second-order valence-corrected chi connectivity index (χ2v) is 6.55. The molecular formula is C18H17FN8. The number of aromatic amines is 1. The minimum Gasteiger partial charge on any atom is -0.363 e. The van der Waals surface area contributed by atoms with Crippen LogP contribution in [0.25, 0.3) is 11.0 Å². The van der Waals surface area contributed by atoms with Gasteiger partial charge in [0.1, 0.15) is 11.5 Å². The molecule has 0 saturated carbocycles. The summed E-state index contributed by atoms with van der Waals surface area (Å²) in [5.74, 6) is 0.345. The number of nitrogens with zero attached hydrogens (tertiary/aromatic N) is 5. The number of rotatable bonds is 4. The highest BCUT2D eigenvalue weighted by molar-refractivity contribution is 5.88. The van der Waals surface area contributed by atoms with Crippen molar-refractivity contribution in [1.29, 1.82) is 0 Å². The topological polar surface area (TPSA) is 96.3 Å². The number of halogens is 1. The molecule has 3 heterocycles. The van der Waals surface area contributed by atoms with Gasteiger partial charge in [-0.2, -0.15) is 14.4 Å². The number of aryl methyl sites for hydroxylation is 2. The number of nitrogens with one attached hydrogen (secondary N) is 3. The third-order valence-electron chi connectivity index (χ3n) is 4.85. The Morgan fingerprint density at radius 1 is 1.19 bits per heavy atom. The van der Waals surface area contributed by atoms with E-state index in [0.717, 1.165) is 22.9 Å². The predicted molar refractivity (Wildman–Crippen MR) is 99.3 cm³/mol. The molecule has 0 spiro atoms. The Balaban J connectivity index is 1.50. The quantitative estimate of drug-likeness (QED) is 0.515. The molecule has 27 heavy (non-hydrogen) atoms. The third-order valence-corrected chi connectivity index (χ3v) is 4.85. The second kappa shape index (κ2) is 6.04. The molecule has 0 bridgehead atoms. The van der Waals surface area contributed by atoms with Crippen molar-refractivity contribution in [2.45, 2.75) is 18.9 Å². The molecule has 8 nitrogen and oxygen atoms in total. The minimum atomic E-state index is -0.579. The Labute approximate surface area is 153 Å². The first-order chi connectivity index (χ1) is 13.2. The molecule has 0 radical (unpaired) electrons. The third kappa shape index (κ3) is 2.67. The van der Waals surface area contributed by atoms with Gasteiger partial charge in [-0.3, -0.25) is 0 Å². The van der Waals surface area contributed by atoms with E-state index in [2.05, 4.69) is 60.2 Å². The summed E-state index contributed by atoms with van der Waals surface area (Å²) in [6, 6.07) is 10.5. The number of fused-ring (bicyclic) bond motifs is 2. The molecule has 0 saturated heterocycles. The zero-order valence-electron chi connectivity index (χ0n) is 14.6. The summed E-state index contributed by atoms with van der Waals surface area (Å²) in [5.41, 5.74) is 3.30. The number of hydrogen-bond donors (Lipinski definition) is 3. The first-order valence-corrected chi connectivity index (χ1v) is 8.71. The lowest BCUT2D eigenvalue weighted by atomic mass is 10.1. The second-order valence-electron chi connectivity index (χ2n) is 6.55. The van der Waals surface area contributed by atoms with E-state index in [9.17, 15) is 4.39 Å². The maximum atomic E-state index is 14.0. The first-order valence-electron chi connectivity index (χ1n) is 8.71. The lowest BCUT2D eigenvalue weighted by molar-refractivity contribution is 0.502. The van der Waals surface area contributed by atoms with Gasteiger partial charge in [0, 0.05) is 13.2 Å². The van der Waals surface area contributed by atoms with Crippen LogP contribution in [0.15, 0.2) is 36.5 Å². The Kier molecular flexibility index (Phi) is 3.52. The summed E-state index contributed by atoms with van der Waals surface area (Å²) < 4.78 is 15.0. The van der Waals surface area contributed by atoms with Crippen LogP contribution >= 0.6 is 0 Å². The largest absolute Gasteiger partial charge is 0.363 e. The Hall–Kier alpha value is -3.49. The van der Waals surface area contributed by atoms with E-state index in [1.165, 1.54) is 18.2 Å². The summed E-state index contributed by atoms with van der Waals surface area (Å²) in [6.45, 7) is 0. The molecule has 1 aromatic carbocycles. The van der Waals surface area contributed by atoms with Crippen LogP contribution in [0.3, 0.4) is 0 Å². The van der Waals surface area contributed by atoms with E-state index >= 15 is 0 Å². The van der Waals surface area contributed by atoms with E-state index in [4.69, 9.17) is 0 Å². The zero-order chi connectivity index (χ0) is 18.4. The van der Waals surface area contributed by atoms with E-state index in [-0.39, 0.29) is 17.8 Å². The molecule has 1 aliphatic carbocycles. The fourth-order valence-corrected chi connectivity index (χ4v) is 3.51. The number of benzene rings is 1. The molecule has 5 rings (SSSR count). The highest BCUT2D eigenvalue weighted by Crippen LogP contribution is 2.35. The molecule has 0 unspecified atom stereocenters. The summed E-state index contributed by atoms with van der Waals surface area (Å²) in [5, 5.41) is 14.6. The van der Waals surface area contributed by atoms with E-state index < -0.39 is 5.95 Å². The van der Waals surface area contributed by atoms with Gasteiger partial charge in [-0.25, -0.2) is 4.68 Å². The molecule has 0 aliphatic heterocycles. The summed E-state index contributed by atoms with van der Waals surface area (Å²) in [4.78, 5) is 12.0. The number of aromatic nitrogens is 6. The van der Waals surface area contributed by atoms with Crippen LogP contribution in [0.1, 0.15) is 23.6 Å². The first kappa shape index (κ1) is 15.7. The van der Waals surface area contributed by atoms with Gasteiger partial charge in [-0.05, 0) is 30.0 Å². The highest BCUT2D eigenvalue weighted by Gasteiger charge is 2.23. The van der Waals surface area contributed by atoms with Gasteiger partial charge in [0.05, 0.1) is 11.4 Å². The number of anilines is 3. The van der Waals surface area contributed by atoms with Gasteiger partial charge < -0.3 is 15.6 Å². The molecular weight excluding hydrogens is 347 g/mol. The molecule has 0 fully saturated rings. The van der Waals surface area contributed by atoms with Crippen molar-refractivity contribution in [3.63, 3.8) is 0 Å². The minimum absolute atomic E-state index is 0.0134. The molecule has 1 aliphatic rings. The van der Waals surface area contributed by atoms with E-state index in [1.807, 2.05) is 6.07 Å². The van der Waals surface area contributed by atoms with Crippen LogP contribution in [-0.4, -0.2) is 29.9 Å². The van der Waals surface area contributed by atoms with Crippen molar-refractivity contribution in [3.8, 4) is 0 Å². The van der Waals surface area contributed by atoms with Crippen LogP contribution < -0.4 is 10.6 Å². The summed E-state index contributed by atoms with van der Waals surface area (Å²) in [6.07, 6.45) is 3.84. The van der Waals surface area contributed by atoms with Gasteiger partial charge in [-0.1, -0.05) is 29.5 Å². The molecule has 4 aromatic rings. The van der Waals surface area contributed by atoms with Crippen molar-refractivity contribution in [2.75, 3.05) is 10.6 Å². The van der Waals surface area contributed by atoms with Crippen molar-refractivity contribution in [1.82, 2.24) is 29.9 Å². The van der Waals surface area contributed by atoms with Crippen molar-refractivity contribution >= 4 is 28.6 Å². The van der Waals surface area contributed by atoms with Crippen LogP contribution in [0.2, 0.25) is 0 Å². The van der Waals surface area contributed by atoms with Gasteiger partial charge in [0.15, 0.2) is 0 Å². The SMILES string of the molecule is Cn1nnc(Nc2nc(N[C@H]3CCc4ccccc43)c3cc[nH]c3n2)c1F. The van der Waals surface area contributed by atoms with Crippen molar-refractivity contribution in [3.05, 3.63) is 53.6 Å². The monoisotopic (exact) mass is 364 g/mol. The van der Waals surface area contributed by atoms with Gasteiger partial charge in [-0.15, -0.1) is 5.10 Å². The van der Waals surface area contributed by atoms with E-state index in [0.29, 0.717) is 11.5 Å². The number of hydrogen-bond acceptors (Lipinski definition) is 6. The molecule has 136 valence electrons. The Bertz CT molecular complexity index is 1130. The maximum Gasteiger partial charge on any atom is 0.256 e. The standard InChI is InChI=1S/C18H17FN8/c1-27-14(19)17(25-26-27)24-18-22-15-12(8-9-20-15)16(23-18)21-13-7-6-10-4-2-3-5-11(10)13/h2-5,8-9,13H,6-7H2,1H3,(H3,20,21,22,23,24)/t13-/m0/s1. The van der Waals surface area contributed by atoms with Crippen LogP contribution in [-0.2, 0) is 13.5 Å². The van der Waals surface area contributed by atoms with Crippen molar-refractivity contribution < 1.29 is 4.39 Å². The smallest absolute Gasteiger partial charge is 0.256 e. The molecule has 1 atom stereocenters. The molecule has 0 amide bonds. The van der Waals surface area contributed by atoms with Crippen LogP contribution in [0.4, 0.5) is 22.0 Å². The lowest BCUT2D eigenvalue weighted by Crippen LogP contribution is -2.10. The molecule has 3 N–H and O–H groups in total. The Morgan fingerprint density at radius 3 is 2.93 bits per heavy atom. The van der Waals surface area contributed by atoms with E-state index in [1.54, 1.807) is 6.20 Å². The summed E-state index contributed by atoms with van der Waals surface area (Å²) >= 11 is 0. The maximum absolute atomic E-state index is 14.0. The number of H-pyrrole nitrogens is 1. The average molecular weight is 364 g/mol. The average Bonchev–Trinajstić information content (AvgIpc) is 3.38. The lowest BCUT2D eigenvalue weighted by Gasteiger charge is -2.16. The zero-order valence-corrected chi connectivity index (χ0v) is 14.6. The summed E-state index contributed by atoms with van der Waals surface area (Å²) in [7, 11) is 1.48.